The molecule has 0 heterocycles. The fourth-order valence-electron chi connectivity index (χ4n) is 0.983. The lowest BCUT2D eigenvalue weighted by molar-refractivity contribution is -0.136. The Balaban J connectivity index is 3.29. The van der Waals surface area contributed by atoms with Gasteiger partial charge in [0.2, 0.25) is 0 Å². The number of aliphatic hydroxyl groups is 1. The van der Waals surface area contributed by atoms with Gasteiger partial charge in [0.05, 0.1) is 25.9 Å². The molecule has 0 aliphatic rings. The Kier molecular flexibility index (Phi) is 7.72. The van der Waals surface area contributed by atoms with Crippen molar-refractivity contribution in [3.63, 3.8) is 0 Å². The van der Waals surface area contributed by atoms with Gasteiger partial charge >= 0.3 is 6.18 Å². The van der Waals surface area contributed by atoms with E-state index < -0.39 is 18.7 Å². The molecule has 0 aromatic carbocycles. The van der Waals surface area contributed by atoms with E-state index in [4.69, 9.17) is 9.47 Å². The first-order chi connectivity index (χ1) is 6.95. The third-order valence-corrected chi connectivity index (χ3v) is 1.74. The number of ether oxygens (including phenoxy) is 2. The van der Waals surface area contributed by atoms with Gasteiger partial charge in [0.25, 0.3) is 0 Å². The molecule has 0 aromatic heterocycles. The van der Waals surface area contributed by atoms with E-state index in [1.54, 1.807) is 0 Å². The molecule has 0 aromatic rings. The summed E-state index contributed by atoms with van der Waals surface area (Å²) >= 11 is 0. The van der Waals surface area contributed by atoms with Crippen molar-refractivity contribution in [1.82, 2.24) is 0 Å². The predicted octanol–water partition coefficient (Wildman–Crippen LogP) is 1.74. The SMILES string of the molecule is COCCOCC(O)CCCC(F)(F)F. The lowest BCUT2D eigenvalue weighted by Gasteiger charge is -2.11. The van der Waals surface area contributed by atoms with Gasteiger partial charge in [-0.1, -0.05) is 0 Å². The molecule has 0 aliphatic heterocycles. The molecule has 1 atom stereocenters. The summed E-state index contributed by atoms with van der Waals surface area (Å²) in [6.07, 6.45) is -5.80. The average molecular weight is 230 g/mol. The molecule has 0 saturated heterocycles. The van der Waals surface area contributed by atoms with E-state index in [9.17, 15) is 18.3 Å². The Morgan fingerprint density at radius 1 is 1.27 bits per heavy atom. The summed E-state index contributed by atoms with van der Waals surface area (Å²) in [6.45, 7) is 0.809. The molecule has 92 valence electrons. The smallest absolute Gasteiger partial charge is 0.389 e. The van der Waals surface area contributed by atoms with E-state index in [-0.39, 0.29) is 19.4 Å². The number of methoxy groups -OCH3 is 1. The highest BCUT2D eigenvalue weighted by molar-refractivity contribution is 4.57. The van der Waals surface area contributed by atoms with Gasteiger partial charge in [-0.3, -0.25) is 0 Å². The number of hydrogen-bond acceptors (Lipinski definition) is 3. The van der Waals surface area contributed by atoms with E-state index in [2.05, 4.69) is 0 Å². The number of rotatable bonds is 8. The third-order valence-electron chi connectivity index (χ3n) is 1.74. The molecule has 15 heavy (non-hydrogen) atoms. The molecule has 1 N–H and O–H groups in total. The molecular weight excluding hydrogens is 213 g/mol. The molecule has 0 radical (unpaired) electrons. The van der Waals surface area contributed by atoms with Gasteiger partial charge in [-0.25, -0.2) is 0 Å². The van der Waals surface area contributed by atoms with Crippen LogP contribution < -0.4 is 0 Å². The lowest BCUT2D eigenvalue weighted by Crippen LogP contribution is -2.18. The summed E-state index contributed by atoms with van der Waals surface area (Å²) in [6, 6.07) is 0. The lowest BCUT2D eigenvalue weighted by atomic mass is 10.1. The minimum atomic E-state index is -4.14. The summed E-state index contributed by atoms with van der Waals surface area (Å²) in [5, 5.41) is 9.21. The maximum absolute atomic E-state index is 11.7. The Morgan fingerprint density at radius 3 is 2.47 bits per heavy atom. The number of hydrogen-bond donors (Lipinski definition) is 1. The minimum Gasteiger partial charge on any atom is -0.391 e. The second kappa shape index (κ2) is 7.90. The van der Waals surface area contributed by atoms with Crippen LogP contribution in [0.4, 0.5) is 13.2 Å². The fourth-order valence-corrected chi connectivity index (χ4v) is 0.983. The zero-order valence-corrected chi connectivity index (χ0v) is 8.72. The summed E-state index contributed by atoms with van der Waals surface area (Å²) in [5.41, 5.74) is 0. The zero-order valence-electron chi connectivity index (χ0n) is 8.72. The molecule has 6 heteroatoms. The molecule has 0 aliphatic carbocycles. The molecule has 1 unspecified atom stereocenters. The molecule has 3 nitrogen and oxygen atoms in total. The van der Waals surface area contributed by atoms with Crippen LogP contribution in [-0.2, 0) is 9.47 Å². The second-order valence-corrected chi connectivity index (χ2v) is 3.23. The monoisotopic (exact) mass is 230 g/mol. The predicted molar refractivity (Wildman–Crippen MR) is 48.6 cm³/mol. The molecular formula is C9H17F3O3. The fraction of sp³-hybridized carbons (Fsp3) is 1.00. The van der Waals surface area contributed by atoms with Gasteiger partial charge in [-0.05, 0) is 12.8 Å². The van der Waals surface area contributed by atoms with Gasteiger partial charge in [-0.2, -0.15) is 13.2 Å². The zero-order chi connectivity index (χ0) is 11.7. The summed E-state index contributed by atoms with van der Waals surface area (Å²) < 4.78 is 44.8. The Bertz CT molecular complexity index is 150. The van der Waals surface area contributed by atoms with Crippen LogP contribution >= 0.6 is 0 Å². The van der Waals surface area contributed by atoms with E-state index in [1.165, 1.54) is 7.11 Å². The van der Waals surface area contributed by atoms with Crippen LogP contribution in [0.3, 0.4) is 0 Å². The maximum atomic E-state index is 11.7. The highest BCUT2D eigenvalue weighted by Crippen LogP contribution is 2.22. The quantitative estimate of drug-likeness (QED) is 0.645. The van der Waals surface area contributed by atoms with Crippen molar-refractivity contribution in [2.75, 3.05) is 26.9 Å². The molecule has 0 spiro atoms. The molecule has 0 amide bonds. The van der Waals surface area contributed by atoms with E-state index >= 15 is 0 Å². The van der Waals surface area contributed by atoms with E-state index in [0.29, 0.717) is 13.2 Å². The Hall–Kier alpha value is -0.330. The highest BCUT2D eigenvalue weighted by Gasteiger charge is 2.26. The van der Waals surface area contributed by atoms with Gasteiger partial charge in [-0.15, -0.1) is 0 Å². The van der Waals surface area contributed by atoms with Crippen LogP contribution in [0.1, 0.15) is 19.3 Å². The van der Waals surface area contributed by atoms with Gasteiger partial charge in [0, 0.05) is 13.5 Å². The van der Waals surface area contributed by atoms with Crippen LogP contribution in [0.15, 0.2) is 0 Å². The summed E-state index contributed by atoms with van der Waals surface area (Å²) in [4.78, 5) is 0. The van der Waals surface area contributed by atoms with Crippen LogP contribution in [0.25, 0.3) is 0 Å². The largest absolute Gasteiger partial charge is 0.391 e. The third kappa shape index (κ3) is 11.6. The molecule has 0 saturated carbocycles. The molecule has 0 rings (SSSR count). The normalized spacial score (nSPS) is 14.2. The standard InChI is InChI=1S/C9H17F3O3/c1-14-5-6-15-7-8(13)3-2-4-9(10,11)12/h8,13H,2-7H2,1H3. The van der Waals surface area contributed by atoms with E-state index in [0.717, 1.165) is 0 Å². The van der Waals surface area contributed by atoms with Crippen molar-refractivity contribution in [2.45, 2.75) is 31.5 Å². The van der Waals surface area contributed by atoms with Crippen molar-refractivity contribution >= 4 is 0 Å². The van der Waals surface area contributed by atoms with Gasteiger partial charge < -0.3 is 14.6 Å². The van der Waals surface area contributed by atoms with Crippen molar-refractivity contribution < 1.29 is 27.8 Å². The van der Waals surface area contributed by atoms with Gasteiger partial charge in [0.1, 0.15) is 0 Å². The van der Waals surface area contributed by atoms with Crippen molar-refractivity contribution in [3.8, 4) is 0 Å². The van der Waals surface area contributed by atoms with Crippen molar-refractivity contribution in [3.05, 3.63) is 0 Å². The first-order valence-corrected chi connectivity index (χ1v) is 4.77. The van der Waals surface area contributed by atoms with Crippen LogP contribution in [0.5, 0.6) is 0 Å². The van der Waals surface area contributed by atoms with Crippen molar-refractivity contribution in [1.29, 1.82) is 0 Å². The molecule has 0 bridgehead atoms. The minimum absolute atomic E-state index is 0.0568. The average Bonchev–Trinajstić information content (AvgIpc) is 2.10. The highest BCUT2D eigenvalue weighted by atomic mass is 19.4. The molecule has 0 fully saturated rings. The van der Waals surface area contributed by atoms with E-state index in [1.807, 2.05) is 0 Å². The Morgan fingerprint density at radius 2 is 1.93 bits per heavy atom. The topological polar surface area (TPSA) is 38.7 Å². The van der Waals surface area contributed by atoms with Crippen LogP contribution in [0.2, 0.25) is 0 Å². The van der Waals surface area contributed by atoms with Crippen LogP contribution in [-0.4, -0.2) is 44.3 Å². The maximum Gasteiger partial charge on any atom is 0.389 e. The number of halogens is 3. The summed E-state index contributed by atoms with van der Waals surface area (Å²) in [5.74, 6) is 0. The first-order valence-electron chi connectivity index (χ1n) is 4.77. The second-order valence-electron chi connectivity index (χ2n) is 3.23. The number of alkyl halides is 3. The number of aliphatic hydroxyl groups excluding tert-OH is 1. The van der Waals surface area contributed by atoms with Crippen molar-refractivity contribution in [2.24, 2.45) is 0 Å². The van der Waals surface area contributed by atoms with Crippen LogP contribution in [0, 0.1) is 0 Å². The Labute approximate surface area is 87.2 Å². The summed E-state index contributed by atoms with van der Waals surface area (Å²) in [7, 11) is 1.52. The first kappa shape index (κ1) is 14.7. The van der Waals surface area contributed by atoms with Gasteiger partial charge in [0.15, 0.2) is 0 Å².